The van der Waals surface area contributed by atoms with E-state index < -0.39 is 12.1 Å². The molecule has 2 N–H and O–H groups in total. The number of amides is 3. The molecule has 0 saturated heterocycles. The van der Waals surface area contributed by atoms with Crippen molar-refractivity contribution in [3.05, 3.63) is 29.8 Å². The molecule has 0 aliphatic heterocycles. The van der Waals surface area contributed by atoms with Crippen molar-refractivity contribution in [3.63, 3.8) is 0 Å². The van der Waals surface area contributed by atoms with Crippen LogP contribution in [-0.2, 0) is 9.53 Å². The van der Waals surface area contributed by atoms with Crippen LogP contribution >= 0.6 is 0 Å². The van der Waals surface area contributed by atoms with Crippen LogP contribution in [0.15, 0.2) is 24.3 Å². The van der Waals surface area contributed by atoms with E-state index in [1.165, 1.54) is 4.90 Å². The monoisotopic (exact) mass is 335 g/mol. The quantitative estimate of drug-likeness (QED) is 0.833. The van der Waals surface area contributed by atoms with Crippen LogP contribution in [0.1, 0.15) is 31.1 Å². The third-order valence-electron chi connectivity index (χ3n) is 3.28. The molecular weight excluding hydrogens is 310 g/mol. The van der Waals surface area contributed by atoms with Crippen LogP contribution in [0.25, 0.3) is 0 Å². The summed E-state index contributed by atoms with van der Waals surface area (Å²) in [4.78, 5) is 37.4. The molecule has 0 aliphatic carbocycles. The van der Waals surface area contributed by atoms with Gasteiger partial charge in [0.15, 0.2) is 0 Å². The maximum Gasteiger partial charge on any atom is 0.407 e. The number of carbonyl (C=O) groups excluding carboxylic acids is 3. The number of hydrogen-bond donors (Lipinski definition) is 2. The number of benzene rings is 1. The highest BCUT2D eigenvalue weighted by molar-refractivity contribution is 5.99. The third-order valence-corrected chi connectivity index (χ3v) is 3.28. The van der Waals surface area contributed by atoms with E-state index in [0.29, 0.717) is 11.3 Å². The molecule has 0 heterocycles. The summed E-state index contributed by atoms with van der Waals surface area (Å²) in [5.74, 6) is -0.648. The first-order valence-electron chi connectivity index (χ1n) is 7.82. The highest BCUT2D eigenvalue weighted by Crippen LogP contribution is 2.14. The van der Waals surface area contributed by atoms with E-state index >= 15 is 0 Å². The Morgan fingerprint density at radius 3 is 2.42 bits per heavy atom. The van der Waals surface area contributed by atoms with Crippen LogP contribution in [0.3, 0.4) is 0 Å². The molecule has 1 aromatic carbocycles. The molecule has 0 aliphatic rings. The van der Waals surface area contributed by atoms with Crippen molar-refractivity contribution in [2.75, 3.05) is 26.0 Å². The van der Waals surface area contributed by atoms with Crippen LogP contribution in [0, 0.1) is 5.92 Å². The Kier molecular flexibility index (Phi) is 7.23. The van der Waals surface area contributed by atoms with Gasteiger partial charge in [0.2, 0.25) is 5.91 Å². The lowest BCUT2D eigenvalue weighted by atomic mass is 10.0. The number of hydrogen-bond acceptors (Lipinski definition) is 4. The molecule has 0 saturated carbocycles. The Hall–Kier alpha value is -2.57. The summed E-state index contributed by atoms with van der Waals surface area (Å²) in [5.41, 5.74) is 0.959. The molecule has 3 amide bonds. The predicted octanol–water partition coefficient (Wildman–Crippen LogP) is 2.10. The summed E-state index contributed by atoms with van der Waals surface area (Å²) in [5, 5.41) is 5.27. The zero-order chi connectivity index (χ0) is 18.3. The molecule has 0 unspecified atom stereocenters. The van der Waals surface area contributed by atoms with E-state index in [9.17, 15) is 14.4 Å². The molecule has 0 aromatic heterocycles. The van der Waals surface area contributed by atoms with E-state index in [1.807, 2.05) is 13.8 Å². The van der Waals surface area contributed by atoms with Gasteiger partial charge < -0.3 is 20.3 Å². The third kappa shape index (κ3) is 5.57. The molecule has 0 spiro atoms. The number of alkyl carbamates (subject to hydrolysis) is 1. The number of nitrogens with zero attached hydrogens (tertiary/aromatic N) is 1. The van der Waals surface area contributed by atoms with Gasteiger partial charge in [0.25, 0.3) is 5.91 Å². The topological polar surface area (TPSA) is 87.7 Å². The Morgan fingerprint density at radius 2 is 1.88 bits per heavy atom. The summed E-state index contributed by atoms with van der Waals surface area (Å²) in [6.07, 6.45) is -0.636. The number of carbonyl (C=O) groups is 3. The van der Waals surface area contributed by atoms with Crippen molar-refractivity contribution in [2.45, 2.75) is 26.8 Å². The van der Waals surface area contributed by atoms with Crippen LogP contribution in [-0.4, -0.2) is 49.6 Å². The van der Waals surface area contributed by atoms with Gasteiger partial charge in [-0.15, -0.1) is 0 Å². The minimum absolute atomic E-state index is 0.124. The Morgan fingerprint density at radius 1 is 1.21 bits per heavy atom. The number of anilines is 1. The van der Waals surface area contributed by atoms with Crippen LogP contribution < -0.4 is 10.6 Å². The standard InChI is InChI=1S/C17H25N3O4/c1-6-24-17(23)19-14(11(2)3)15(21)18-13-9-7-8-12(10-13)16(22)20(4)5/h7-11,14H,6H2,1-5H3,(H,18,21)(H,19,23)/t14-/m1/s1. The van der Waals surface area contributed by atoms with E-state index in [2.05, 4.69) is 10.6 Å². The van der Waals surface area contributed by atoms with Crippen LogP contribution in [0.2, 0.25) is 0 Å². The molecule has 0 radical (unpaired) electrons. The Labute approximate surface area is 142 Å². The van der Waals surface area contributed by atoms with Gasteiger partial charge in [-0.05, 0) is 31.0 Å². The highest BCUT2D eigenvalue weighted by atomic mass is 16.5. The zero-order valence-corrected chi connectivity index (χ0v) is 14.8. The lowest BCUT2D eigenvalue weighted by molar-refractivity contribution is -0.119. The fourth-order valence-corrected chi connectivity index (χ4v) is 2.04. The first kappa shape index (κ1) is 19.5. The maximum atomic E-state index is 12.4. The SMILES string of the molecule is CCOC(=O)N[C@@H](C(=O)Nc1cccc(C(=O)N(C)C)c1)C(C)C. The summed E-state index contributed by atoms with van der Waals surface area (Å²) in [6, 6.07) is 5.91. The maximum absolute atomic E-state index is 12.4. The molecule has 0 bridgehead atoms. The van der Waals surface area contributed by atoms with Crippen LogP contribution in [0.5, 0.6) is 0 Å². The second-order valence-electron chi connectivity index (χ2n) is 5.86. The normalized spacial score (nSPS) is 11.6. The van der Waals surface area contributed by atoms with Crippen molar-refractivity contribution in [1.82, 2.24) is 10.2 Å². The molecule has 0 fully saturated rings. The van der Waals surface area contributed by atoms with Crippen LogP contribution in [0.4, 0.5) is 10.5 Å². The van der Waals surface area contributed by atoms with E-state index in [4.69, 9.17) is 4.74 Å². The van der Waals surface area contributed by atoms with Gasteiger partial charge in [-0.2, -0.15) is 0 Å². The molecular formula is C17H25N3O4. The Balaban J connectivity index is 2.86. The number of rotatable bonds is 6. The lowest BCUT2D eigenvalue weighted by Crippen LogP contribution is -2.47. The summed E-state index contributed by atoms with van der Waals surface area (Å²) in [7, 11) is 3.32. The summed E-state index contributed by atoms with van der Waals surface area (Å²) in [6.45, 7) is 5.56. The number of nitrogens with one attached hydrogen (secondary N) is 2. The van der Waals surface area contributed by atoms with Crippen molar-refractivity contribution in [3.8, 4) is 0 Å². The molecule has 1 atom stereocenters. The first-order valence-corrected chi connectivity index (χ1v) is 7.82. The fourth-order valence-electron chi connectivity index (χ4n) is 2.04. The highest BCUT2D eigenvalue weighted by Gasteiger charge is 2.25. The second-order valence-corrected chi connectivity index (χ2v) is 5.86. The molecule has 132 valence electrons. The summed E-state index contributed by atoms with van der Waals surface area (Å²) >= 11 is 0. The van der Waals surface area contributed by atoms with Crippen molar-refractivity contribution in [2.24, 2.45) is 5.92 Å². The minimum Gasteiger partial charge on any atom is -0.450 e. The van der Waals surface area contributed by atoms with E-state index in [1.54, 1.807) is 45.3 Å². The van der Waals surface area contributed by atoms with Gasteiger partial charge in [-0.3, -0.25) is 9.59 Å². The van der Waals surface area contributed by atoms with E-state index in [-0.39, 0.29) is 24.3 Å². The van der Waals surface area contributed by atoms with E-state index in [0.717, 1.165) is 0 Å². The molecule has 24 heavy (non-hydrogen) atoms. The molecule has 1 rings (SSSR count). The molecule has 1 aromatic rings. The smallest absolute Gasteiger partial charge is 0.407 e. The van der Waals surface area contributed by atoms with Gasteiger partial charge in [0.05, 0.1) is 6.61 Å². The fraction of sp³-hybridized carbons (Fsp3) is 0.471. The van der Waals surface area contributed by atoms with Crippen molar-refractivity contribution < 1.29 is 19.1 Å². The van der Waals surface area contributed by atoms with Gasteiger partial charge in [-0.25, -0.2) is 4.79 Å². The summed E-state index contributed by atoms with van der Waals surface area (Å²) < 4.78 is 4.82. The van der Waals surface area contributed by atoms with Crippen molar-refractivity contribution >= 4 is 23.6 Å². The molecule has 7 nitrogen and oxygen atoms in total. The lowest BCUT2D eigenvalue weighted by Gasteiger charge is -2.21. The van der Waals surface area contributed by atoms with Crippen molar-refractivity contribution in [1.29, 1.82) is 0 Å². The van der Waals surface area contributed by atoms with Gasteiger partial charge in [0.1, 0.15) is 6.04 Å². The first-order chi connectivity index (χ1) is 11.3. The minimum atomic E-state index is -0.739. The van der Waals surface area contributed by atoms with Gasteiger partial charge >= 0.3 is 6.09 Å². The average molecular weight is 335 g/mol. The van der Waals surface area contributed by atoms with Gasteiger partial charge in [-0.1, -0.05) is 19.9 Å². The Bertz CT molecular complexity index is 599. The second kappa shape index (κ2) is 8.90. The predicted molar refractivity (Wildman–Crippen MR) is 91.9 cm³/mol. The molecule has 7 heteroatoms. The number of ether oxygens (including phenoxy) is 1. The zero-order valence-electron chi connectivity index (χ0n) is 14.8. The average Bonchev–Trinajstić information content (AvgIpc) is 2.51. The van der Waals surface area contributed by atoms with Gasteiger partial charge in [0, 0.05) is 25.3 Å². The largest absolute Gasteiger partial charge is 0.450 e.